The van der Waals surface area contributed by atoms with E-state index in [1.807, 2.05) is 0 Å². The summed E-state index contributed by atoms with van der Waals surface area (Å²) in [4.78, 5) is 14.4. The van der Waals surface area contributed by atoms with E-state index in [4.69, 9.17) is 10.8 Å². The fourth-order valence-electron chi connectivity index (χ4n) is 0.789. The van der Waals surface area contributed by atoms with Gasteiger partial charge in [0.1, 0.15) is 0 Å². The number of carboxylic acids is 1. The normalized spacial score (nSPS) is 14.6. The molecule has 0 bridgehead atoms. The third-order valence-electron chi connectivity index (χ3n) is 1.53. The minimum absolute atomic E-state index is 0.627. The zero-order valence-corrected chi connectivity index (χ0v) is 7.19. The molecule has 1 atom stereocenters. The van der Waals surface area contributed by atoms with E-state index in [-0.39, 0.29) is 0 Å². The molecule has 1 aromatic rings. The van der Waals surface area contributed by atoms with Crippen molar-refractivity contribution in [2.24, 2.45) is 5.73 Å². The Morgan fingerprint density at radius 3 is 2.62 bits per heavy atom. The van der Waals surface area contributed by atoms with Crippen molar-refractivity contribution in [3.05, 3.63) is 24.5 Å². The fourth-order valence-corrected chi connectivity index (χ4v) is 0.789. The lowest BCUT2D eigenvalue weighted by molar-refractivity contribution is -0.141. The minimum Gasteiger partial charge on any atom is -0.479 e. The Hall–Kier alpha value is -1.62. The van der Waals surface area contributed by atoms with Gasteiger partial charge in [-0.3, -0.25) is 10.7 Å². The molecule has 0 fully saturated rings. The van der Waals surface area contributed by atoms with Gasteiger partial charge in [0.05, 0.1) is 0 Å². The van der Waals surface area contributed by atoms with Gasteiger partial charge in [0, 0.05) is 18.1 Å². The van der Waals surface area contributed by atoms with Gasteiger partial charge in [0.15, 0.2) is 5.66 Å². The van der Waals surface area contributed by atoms with Gasteiger partial charge >= 0.3 is 5.97 Å². The van der Waals surface area contributed by atoms with E-state index in [0.717, 1.165) is 0 Å². The van der Waals surface area contributed by atoms with Gasteiger partial charge in [0.25, 0.3) is 0 Å². The monoisotopic (exact) mass is 181 g/mol. The molecule has 5 heteroatoms. The van der Waals surface area contributed by atoms with E-state index in [1.165, 1.54) is 6.92 Å². The molecule has 5 nitrogen and oxygen atoms in total. The maximum atomic E-state index is 10.6. The second kappa shape index (κ2) is 3.40. The summed E-state index contributed by atoms with van der Waals surface area (Å²) < 4.78 is 0. The third kappa shape index (κ3) is 2.41. The summed E-state index contributed by atoms with van der Waals surface area (Å²) in [6, 6.07) is 3.29. The highest BCUT2D eigenvalue weighted by Crippen LogP contribution is 2.09. The van der Waals surface area contributed by atoms with Crippen LogP contribution >= 0.6 is 0 Å². The number of hydrogen-bond donors (Lipinski definition) is 3. The van der Waals surface area contributed by atoms with E-state index >= 15 is 0 Å². The van der Waals surface area contributed by atoms with Crippen LogP contribution in [0.5, 0.6) is 0 Å². The first-order valence-corrected chi connectivity index (χ1v) is 3.73. The SMILES string of the molecule is C[C@](N)(Nc1ccncc1)C(=O)O. The number of nitrogens with one attached hydrogen (secondary N) is 1. The summed E-state index contributed by atoms with van der Waals surface area (Å²) >= 11 is 0. The van der Waals surface area contributed by atoms with Crippen LogP contribution in [0.3, 0.4) is 0 Å². The van der Waals surface area contributed by atoms with Gasteiger partial charge in [-0.15, -0.1) is 0 Å². The first-order chi connectivity index (χ1) is 6.02. The van der Waals surface area contributed by atoms with Crippen LogP contribution in [-0.2, 0) is 4.79 Å². The number of nitrogens with zero attached hydrogens (tertiary/aromatic N) is 1. The quantitative estimate of drug-likeness (QED) is 0.582. The van der Waals surface area contributed by atoms with Gasteiger partial charge in [-0.05, 0) is 19.1 Å². The van der Waals surface area contributed by atoms with Crippen LogP contribution in [0.15, 0.2) is 24.5 Å². The number of aliphatic carboxylic acids is 1. The first-order valence-electron chi connectivity index (χ1n) is 3.73. The number of aromatic nitrogens is 1. The summed E-state index contributed by atoms with van der Waals surface area (Å²) in [5.41, 5.74) is 4.63. The topological polar surface area (TPSA) is 88.2 Å². The van der Waals surface area contributed by atoms with Crippen LogP contribution in [0.25, 0.3) is 0 Å². The Morgan fingerprint density at radius 1 is 1.62 bits per heavy atom. The predicted molar refractivity (Wildman–Crippen MR) is 48.1 cm³/mol. The molecule has 4 N–H and O–H groups in total. The van der Waals surface area contributed by atoms with Crippen molar-refractivity contribution in [2.75, 3.05) is 5.32 Å². The Kier molecular flexibility index (Phi) is 2.48. The van der Waals surface area contributed by atoms with Crippen LogP contribution in [0.4, 0.5) is 5.69 Å². The van der Waals surface area contributed by atoms with Crippen molar-refractivity contribution in [1.29, 1.82) is 0 Å². The van der Waals surface area contributed by atoms with Crippen LogP contribution < -0.4 is 11.1 Å². The molecule has 0 aliphatic carbocycles. The van der Waals surface area contributed by atoms with E-state index in [1.54, 1.807) is 24.5 Å². The number of rotatable bonds is 3. The maximum absolute atomic E-state index is 10.6. The lowest BCUT2D eigenvalue weighted by Gasteiger charge is -2.21. The van der Waals surface area contributed by atoms with Crippen molar-refractivity contribution < 1.29 is 9.90 Å². The molecule has 70 valence electrons. The highest BCUT2D eigenvalue weighted by atomic mass is 16.4. The zero-order valence-electron chi connectivity index (χ0n) is 7.19. The first kappa shape index (κ1) is 9.47. The average Bonchev–Trinajstić information content (AvgIpc) is 2.05. The van der Waals surface area contributed by atoms with Crippen molar-refractivity contribution in [3.63, 3.8) is 0 Å². The summed E-state index contributed by atoms with van der Waals surface area (Å²) in [6.07, 6.45) is 3.11. The molecule has 0 amide bonds. The van der Waals surface area contributed by atoms with Gasteiger partial charge in [-0.1, -0.05) is 0 Å². The molecule has 0 aliphatic heterocycles. The summed E-state index contributed by atoms with van der Waals surface area (Å²) in [5, 5.41) is 11.4. The molecule has 0 unspecified atom stereocenters. The van der Waals surface area contributed by atoms with Gasteiger partial charge < -0.3 is 10.4 Å². The zero-order chi connectivity index (χ0) is 9.90. The van der Waals surface area contributed by atoms with Crippen molar-refractivity contribution in [2.45, 2.75) is 12.6 Å². The van der Waals surface area contributed by atoms with Crippen molar-refractivity contribution in [1.82, 2.24) is 4.98 Å². The van der Waals surface area contributed by atoms with E-state index < -0.39 is 11.6 Å². The summed E-state index contributed by atoms with van der Waals surface area (Å²) in [5.74, 6) is -1.11. The summed E-state index contributed by atoms with van der Waals surface area (Å²) in [6.45, 7) is 1.38. The Morgan fingerprint density at radius 2 is 2.15 bits per heavy atom. The number of carbonyl (C=O) groups is 1. The van der Waals surface area contributed by atoms with Gasteiger partial charge in [-0.2, -0.15) is 0 Å². The molecule has 0 saturated carbocycles. The van der Waals surface area contributed by atoms with Crippen molar-refractivity contribution in [3.8, 4) is 0 Å². The molecular weight excluding hydrogens is 170 g/mol. The highest BCUT2D eigenvalue weighted by molar-refractivity contribution is 5.81. The number of hydrogen-bond acceptors (Lipinski definition) is 4. The van der Waals surface area contributed by atoms with Crippen LogP contribution in [0.2, 0.25) is 0 Å². The van der Waals surface area contributed by atoms with Gasteiger partial charge in [0.2, 0.25) is 0 Å². The second-order valence-corrected chi connectivity index (χ2v) is 2.87. The van der Waals surface area contributed by atoms with Crippen LogP contribution in [0, 0.1) is 0 Å². The van der Waals surface area contributed by atoms with E-state index in [9.17, 15) is 4.79 Å². The van der Waals surface area contributed by atoms with Gasteiger partial charge in [-0.25, -0.2) is 4.79 Å². The highest BCUT2D eigenvalue weighted by Gasteiger charge is 2.27. The second-order valence-electron chi connectivity index (χ2n) is 2.87. The Labute approximate surface area is 75.6 Å². The van der Waals surface area contributed by atoms with Crippen LogP contribution in [0.1, 0.15) is 6.92 Å². The molecule has 0 saturated heterocycles. The largest absolute Gasteiger partial charge is 0.479 e. The van der Waals surface area contributed by atoms with Crippen LogP contribution in [-0.4, -0.2) is 21.7 Å². The Bertz CT molecular complexity index is 298. The molecule has 1 aromatic heterocycles. The molecule has 1 heterocycles. The number of pyridine rings is 1. The molecule has 0 radical (unpaired) electrons. The molecule has 0 aliphatic rings. The number of carboxylic acid groups (broad SMARTS) is 1. The fraction of sp³-hybridized carbons (Fsp3) is 0.250. The average molecular weight is 181 g/mol. The number of nitrogens with two attached hydrogens (primary N) is 1. The standard InChI is InChI=1S/C8H11N3O2/c1-8(9,7(12)13)11-6-2-4-10-5-3-6/h2-5H,9H2,1H3,(H,10,11)(H,12,13)/t8-/m0/s1. The minimum atomic E-state index is -1.46. The van der Waals surface area contributed by atoms with E-state index in [0.29, 0.717) is 5.69 Å². The third-order valence-corrected chi connectivity index (χ3v) is 1.53. The number of anilines is 1. The molecule has 0 spiro atoms. The summed E-state index contributed by atoms with van der Waals surface area (Å²) in [7, 11) is 0. The Balaban J connectivity index is 2.75. The smallest absolute Gasteiger partial charge is 0.344 e. The lowest BCUT2D eigenvalue weighted by atomic mass is 10.2. The van der Waals surface area contributed by atoms with E-state index in [2.05, 4.69) is 10.3 Å². The van der Waals surface area contributed by atoms with Crippen molar-refractivity contribution >= 4 is 11.7 Å². The lowest BCUT2D eigenvalue weighted by Crippen LogP contribution is -2.51. The maximum Gasteiger partial charge on any atom is 0.344 e. The molecule has 0 aromatic carbocycles. The predicted octanol–water partition coefficient (Wildman–Crippen LogP) is 0.253. The molecule has 13 heavy (non-hydrogen) atoms. The molecular formula is C8H11N3O2. The molecule has 1 rings (SSSR count).